The molecule has 3 aromatic rings. The predicted molar refractivity (Wildman–Crippen MR) is 163 cm³/mol. The van der Waals surface area contributed by atoms with Crippen LogP contribution < -0.4 is 23.8 Å². The predicted octanol–water partition coefficient (Wildman–Crippen LogP) is 5.16. The van der Waals surface area contributed by atoms with Crippen LogP contribution in [0.15, 0.2) is 67.3 Å². The summed E-state index contributed by atoms with van der Waals surface area (Å²) in [6.07, 6.45) is 3.03. The van der Waals surface area contributed by atoms with E-state index in [1.807, 2.05) is 6.92 Å². The number of rotatable bonds is 11. The summed E-state index contributed by atoms with van der Waals surface area (Å²) in [5, 5.41) is 11.7. The van der Waals surface area contributed by atoms with Crippen LogP contribution in [0, 0.1) is 6.92 Å². The number of ether oxygens (including phenoxy) is 5. The van der Waals surface area contributed by atoms with Crippen LogP contribution in [-0.4, -0.2) is 60.8 Å². The van der Waals surface area contributed by atoms with Crippen molar-refractivity contribution in [2.24, 2.45) is 0 Å². The number of Topliss-reactive ketones (excluding diaryl/α,β-unsaturated/α-hetero) is 1. The fraction of sp³-hybridized carbons (Fsp3) is 0.250. The van der Waals surface area contributed by atoms with E-state index >= 15 is 0 Å². The van der Waals surface area contributed by atoms with Gasteiger partial charge in [0.15, 0.2) is 28.1 Å². The Morgan fingerprint density at radius 2 is 1.82 bits per heavy atom. The van der Waals surface area contributed by atoms with Gasteiger partial charge in [0.05, 0.1) is 23.9 Å². The minimum absolute atomic E-state index is 0.00790. The van der Waals surface area contributed by atoms with Gasteiger partial charge in [0.2, 0.25) is 0 Å². The third-order valence-electron chi connectivity index (χ3n) is 6.71. The van der Waals surface area contributed by atoms with Crippen LogP contribution in [0.5, 0.6) is 23.0 Å². The summed E-state index contributed by atoms with van der Waals surface area (Å²) < 4.78 is 28.0. The van der Waals surface area contributed by atoms with Crippen LogP contribution in [0.4, 0.5) is 5.13 Å². The summed E-state index contributed by atoms with van der Waals surface area (Å²) in [4.78, 5) is 45.9. The molecule has 5 rings (SSSR count). The lowest BCUT2D eigenvalue weighted by Gasteiger charge is -2.24. The molecular weight excluding hydrogens is 588 g/mol. The lowest BCUT2D eigenvalue weighted by molar-refractivity contribution is -0.132. The normalized spacial score (nSPS) is 16.9. The summed E-state index contributed by atoms with van der Waals surface area (Å²) in [7, 11) is 0. The van der Waals surface area contributed by atoms with Crippen LogP contribution in [0.1, 0.15) is 39.5 Å². The maximum absolute atomic E-state index is 13.7. The van der Waals surface area contributed by atoms with Crippen molar-refractivity contribution in [2.75, 3.05) is 37.9 Å². The summed E-state index contributed by atoms with van der Waals surface area (Å²) in [5.41, 5.74) is 0.811. The number of carbonyl (C=O) groups is 3. The van der Waals surface area contributed by atoms with Crippen LogP contribution in [0.25, 0.3) is 5.76 Å². The molecule has 0 bridgehead atoms. The highest BCUT2D eigenvalue weighted by Gasteiger charge is 2.49. The van der Waals surface area contributed by atoms with E-state index in [1.54, 1.807) is 49.4 Å². The number of benzene rings is 2. The van der Waals surface area contributed by atoms with Gasteiger partial charge in [-0.1, -0.05) is 42.7 Å². The number of nitrogens with zero attached hydrogens (tertiary/aromatic N) is 2. The molecule has 1 amide bonds. The molecule has 11 nitrogen and oxygen atoms in total. The average molecular weight is 619 g/mol. The van der Waals surface area contributed by atoms with E-state index in [0.29, 0.717) is 54.1 Å². The lowest BCUT2D eigenvalue weighted by Crippen LogP contribution is -2.29. The molecule has 0 radical (unpaired) electrons. The molecule has 3 heterocycles. The van der Waals surface area contributed by atoms with Crippen molar-refractivity contribution in [1.29, 1.82) is 0 Å². The third-order valence-corrected chi connectivity index (χ3v) is 7.85. The van der Waals surface area contributed by atoms with Gasteiger partial charge < -0.3 is 28.8 Å². The number of ketones is 1. The highest BCUT2D eigenvalue weighted by Crippen LogP contribution is 2.46. The molecule has 0 spiro atoms. The van der Waals surface area contributed by atoms with Crippen LogP contribution in [0.3, 0.4) is 0 Å². The molecule has 44 heavy (non-hydrogen) atoms. The fourth-order valence-electron chi connectivity index (χ4n) is 4.80. The van der Waals surface area contributed by atoms with Crippen LogP contribution in [0.2, 0.25) is 0 Å². The van der Waals surface area contributed by atoms with Gasteiger partial charge in [-0.3, -0.25) is 14.5 Å². The highest BCUT2D eigenvalue weighted by molar-refractivity contribution is 7.17. The van der Waals surface area contributed by atoms with Gasteiger partial charge in [-0.2, -0.15) is 0 Å². The molecule has 228 valence electrons. The maximum Gasteiger partial charge on any atom is 0.350 e. The minimum Gasteiger partial charge on any atom is -0.507 e. The maximum atomic E-state index is 13.7. The van der Waals surface area contributed by atoms with Crippen molar-refractivity contribution < 1.29 is 43.2 Å². The first-order valence-corrected chi connectivity index (χ1v) is 14.6. The van der Waals surface area contributed by atoms with Gasteiger partial charge in [0.25, 0.3) is 5.78 Å². The number of fused-ring (bicyclic) bond motifs is 1. The minimum atomic E-state index is -1.14. The van der Waals surface area contributed by atoms with Gasteiger partial charge >= 0.3 is 11.9 Å². The lowest BCUT2D eigenvalue weighted by atomic mass is 9.95. The first-order chi connectivity index (χ1) is 21.3. The Labute approximate surface area is 257 Å². The summed E-state index contributed by atoms with van der Waals surface area (Å²) in [6.45, 7) is 11.9. The molecular formula is C32H30N2O9S. The molecule has 0 saturated carbocycles. The molecule has 1 atom stereocenters. The van der Waals surface area contributed by atoms with Crippen molar-refractivity contribution in [3.05, 3.63) is 89.0 Å². The van der Waals surface area contributed by atoms with Gasteiger partial charge in [-0.05, 0) is 49.7 Å². The van der Waals surface area contributed by atoms with E-state index in [2.05, 4.69) is 18.1 Å². The summed E-state index contributed by atoms with van der Waals surface area (Å²) in [6, 6.07) is 8.57. The Bertz CT molecular complexity index is 1680. The third kappa shape index (κ3) is 5.76. The smallest absolute Gasteiger partial charge is 0.350 e. The number of aryl methyl sites for hydroxylation is 1. The van der Waals surface area contributed by atoms with Crippen LogP contribution in [-0.2, 0) is 14.3 Å². The first-order valence-electron chi connectivity index (χ1n) is 13.8. The van der Waals surface area contributed by atoms with Crippen LogP contribution >= 0.6 is 11.3 Å². The fourth-order valence-corrected chi connectivity index (χ4v) is 5.78. The second-order valence-corrected chi connectivity index (χ2v) is 10.5. The van der Waals surface area contributed by atoms with Crippen molar-refractivity contribution in [1.82, 2.24) is 4.98 Å². The zero-order chi connectivity index (χ0) is 31.4. The second kappa shape index (κ2) is 13.0. The molecule has 0 aliphatic carbocycles. The first kappa shape index (κ1) is 30.4. The zero-order valence-corrected chi connectivity index (χ0v) is 25.0. The van der Waals surface area contributed by atoms with E-state index in [-0.39, 0.29) is 34.4 Å². The number of anilines is 1. The molecule has 1 aromatic heterocycles. The van der Waals surface area contributed by atoms with E-state index in [0.717, 1.165) is 11.3 Å². The summed E-state index contributed by atoms with van der Waals surface area (Å²) >= 11 is 0.902. The number of thiazole rings is 1. The molecule has 2 aliphatic rings. The molecule has 1 fully saturated rings. The number of aliphatic hydroxyl groups is 1. The Kier molecular flexibility index (Phi) is 9.00. The number of amides is 1. The van der Waals surface area contributed by atoms with Gasteiger partial charge in [-0.15, -0.1) is 0 Å². The zero-order valence-electron chi connectivity index (χ0n) is 24.2. The Morgan fingerprint density at radius 1 is 1.07 bits per heavy atom. The Morgan fingerprint density at radius 3 is 2.55 bits per heavy atom. The topological polar surface area (TPSA) is 134 Å². The second-order valence-electron chi connectivity index (χ2n) is 9.56. The number of hydrogen-bond acceptors (Lipinski definition) is 11. The van der Waals surface area contributed by atoms with E-state index in [1.165, 1.54) is 11.0 Å². The van der Waals surface area contributed by atoms with E-state index in [9.17, 15) is 19.5 Å². The number of aliphatic hydroxyl groups excluding tert-OH is 1. The van der Waals surface area contributed by atoms with E-state index in [4.69, 9.17) is 23.7 Å². The largest absolute Gasteiger partial charge is 0.507 e. The standard InChI is InChI=1S/C32H30N2O9S/c1-5-12-40-21-10-8-19(16-23(21)39-7-3)26-25(27(35)20-9-11-22-24(17-20)42-15-14-41-22)28(36)30(37)34(26)32-33-18(4)29(44-32)31(38)43-13-6-2/h5-6,8-11,16-17,26,35H,1-2,7,12-15H2,3-4H3/t26-/m0/s1. The molecule has 2 aliphatic heterocycles. The highest BCUT2D eigenvalue weighted by atomic mass is 32.1. The molecule has 1 N–H and O–H groups in total. The average Bonchev–Trinajstić information content (AvgIpc) is 3.54. The van der Waals surface area contributed by atoms with Crippen molar-refractivity contribution in [2.45, 2.75) is 19.9 Å². The molecule has 12 heteroatoms. The molecule has 1 saturated heterocycles. The van der Waals surface area contributed by atoms with Crippen molar-refractivity contribution in [3.8, 4) is 23.0 Å². The Balaban J connectivity index is 1.68. The Hall–Kier alpha value is -5.10. The number of aromatic nitrogens is 1. The number of esters is 1. The molecule has 0 unspecified atom stereocenters. The van der Waals surface area contributed by atoms with Gasteiger partial charge in [0.1, 0.15) is 37.1 Å². The quantitative estimate of drug-likeness (QED) is 0.101. The van der Waals surface area contributed by atoms with Gasteiger partial charge in [-0.25, -0.2) is 9.78 Å². The SMILES string of the molecule is C=CCOC(=O)c1sc(N2C(=O)C(=O)C(=C(O)c3ccc4c(c3)OCCO4)[C@@H]2c2ccc(OCC=C)c(OCC)c2)nc1C. The van der Waals surface area contributed by atoms with Crippen molar-refractivity contribution >= 4 is 39.9 Å². The number of hydrogen-bond donors (Lipinski definition) is 1. The molecule has 2 aromatic carbocycles. The monoisotopic (exact) mass is 618 g/mol. The van der Waals surface area contributed by atoms with Gasteiger partial charge in [0, 0.05) is 5.56 Å². The van der Waals surface area contributed by atoms with Crippen molar-refractivity contribution in [3.63, 3.8) is 0 Å². The number of carbonyl (C=O) groups excluding carboxylic acids is 3. The summed E-state index contributed by atoms with van der Waals surface area (Å²) in [5.74, 6) is -1.25. The van der Waals surface area contributed by atoms with E-state index < -0.39 is 29.5 Å².